The van der Waals surface area contributed by atoms with Crippen molar-refractivity contribution >= 4 is 37.4 Å². The highest BCUT2D eigenvalue weighted by Crippen LogP contribution is 2.39. The molecular weight excluding hydrogens is 400 g/mol. The van der Waals surface area contributed by atoms with E-state index in [1.165, 1.54) is 6.07 Å². The second kappa shape index (κ2) is 8.26. The number of anilines is 1. The molecule has 0 heterocycles. The van der Waals surface area contributed by atoms with Crippen molar-refractivity contribution in [3.05, 3.63) is 32.8 Å². The van der Waals surface area contributed by atoms with Gasteiger partial charge in [0.05, 0.1) is 17.8 Å². The summed E-state index contributed by atoms with van der Waals surface area (Å²) in [4.78, 5) is 10.7. The maximum atomic E-state index is 11.1. The van der Waals surface area contributed by atoms with Crippen LogP contribution in [-0.4, -0.2) is 32.7 Å². The van der Waals surface area contributed by atoms with Crippen molar-refractivity contribution in [1.82, 2.24) is 0 Å². The number of nitrogens with zero attached hydrogens (tertiary/aromatic N) is 1. The molecule has 1 aliphatic carbocycles. The maximum absolute atomic E-state index is 11.1. The Labute approximate surface area is 150 Å². The Morgan fingerprint density at radius 2 is 2.17 bits per heavy atom. The zero-order valence-electron chi connectivity index (χ0n) is 13.4. The molecule has 1 atom stereocenters. The first-order valence-corrected chi connectivity index (χ1v) is 10.4. The number of benzene rings is 1. The molecule has 0 unspecified atom stereocenters. The lowest BCUT2D eigenvalue weighted by atomic mass is 9.97. The van der Waals surface area contributed by atoms with E-state index in [2.05, 4.69) is 21.2 Å². The van der Waals surface area contributed by atoms with Crippen molar-refractivity contribution in [3.8, 4) is 0 Å². The predicted molar refractivity (Wildman–Crippen MR) is 95.5 cm³/mol. The van der Waals surface area contributed by atoms with Crippen LogP contribution in [0.2, 0.25) is 0 Å². The third-order valence-electron chi connectivity index (χ3n) is 4.02. The molecule has 9 heteroatoms. The second-order valence-corrected chi connectivity index (χ2v) is 8.62. The number of nitro benzene ring substituents is 1. The number of hydrogen-bond acceptors (Lipinski definition) is 6. The zero-order chi connectivity index (χ0) is 17.7. The summed E-state index contributed by atoms with van der Waals surface area (Å²) in [5, 5.41) is 14.3. The van der Waals surface area contributed by atoms with Gasteiger partial charge >= 0.3 is 0 Å². The van der Waals surface area contributed by atoms with Crippen LogP contribution in [0.1, 0.15) is 25.7 Å². The smallest absolute Gasteiger partial charge is 0.293 e. The molecule has 0 spiro atoms. The van der Waals surface area contributed by atoms with Gasteiger partial charge < -0.3 is 5.32 Å². The molecule has 1 fully saturated rings. The quantitative estimate of drug-likeness (QED) is 0.269. The Kier molecular flexibility index (Phi) is 6.59. The minimum Gasteiger partial charge on any atom is -0.379 e. The van der Waals surface area contributed by atoms with Crippen molar-refractivity contribution in [2.45, 2.75) is 25.7 Å². The SMILES string of the molecule is CS(=O)(=O)OCCC[C@H](CNc1ccc(Br)cc1[N+](=O)[O-])C1CC1. The van der Waals surface area contributed by atoms with E-state index in [0.29, 0.717) is 35.0 Å². The van der Waals surface area contributed by atoms with E-state index in [0.717, 1.165) is 25.5 Å². The zero-order valence-corrected chi connectivity index (χ0v) is 15.8. The molecular formula is C15H21BrN2O5S. The largest absolute Gasteiger partial charge is 0.379 e. The van der Waals surface area contributed by atoms with Crippen molar-refractivity contribution < 1.29 is 17.5 Å². The molecule has 0 aromatic heterocycles. The molecule has 24 heavy (non-hydrogen) atoms. The fraction of sp³-hybridized carbons (Fsp3) is 0.600. The van der Waals surface area contributed by atoms with Crippen LogP contribution in [0.15, 0.2) is 22.7 Å². The van der Waals surface area contributed by atoms with Gasteiger partial charge in [0.2, 0.25) is 0 Å². The van der Waals surface area contributed by atoms with Crippen LogP contribution in [0.3, 0.4) is 0 Å². The van der Waals surface area contributed by atoms with Crippen LogP contribution in [0.5, 0.6) is 0 Å². The summed E-state index contributed by atoms with van der Waals surface area (Å²) in [6.07, 6.45) is 4.83. The molecule has 1 saturated carbocycles. The summed E-state index contributed by atoms with van der Waals surface area (Å²) in [6, 6.07) is 4.94. The Morgan fingerprint density at radius 1 is 1.46 bits per heavy atom. The van der Waals surface area contributed by atoms with Crippen LogP contribution in [0, 0.1) is 22.0 Å². The molecule has 1 aliphatic rings. The molecule has 1 aromatic rings. The number of halogens is 1. The highest BCUT2D eigenvalue weighted by atomic mass is 79.9. The van der Waals surface area contributed by atoms with Gasteiger partial charge in [0, 0.05) is 17.1 Å². The Bertz CT molecular complexity index is 691. The van der Waals surface area contributed by atoms with Crippen molar-refractivity contribution in [2.75, 3.05) is 24.7 Å². The van der Waals surface area contributed by atoms with Crippen LogP contribution in [0.4, 0.5) is 11.4 Å². The van der Waals surface area contributed by atoms with E-state index >= 15 is 0 Å². The first-order valence-electron chi connectivity index (χ1n) is 7.78. The molecule has 1 N–H and O–H groups in total. The van der Waals surface area contributed by atoms with Gasteiger partial charge in [-0.05, 0) is 49.7 Å². The Hall–Kier alpha value is -1.19. The summed E-state index contributed by atoms with van der Waals surface area (Å²) in [6.45, 7) is 0.812. The van der Waals surface area contributed by atoms with E-state index < -0.39 is 15.0 Å². The summed E-state index contributed by atoms with van der Waals surface area (Å²) in [5.41, 5.74) is 0.542. The summed E-state index contributed by atoms with van der Waals surface area (Å²) in [7, 11) is -3.40. The van der Waals surface area contributed by atoms with Gasteiger partial charge in [-0.3, -0.25) is 14.3 Å². The molecule has 7 nitrogen and oxygen atoms in total. The average molecular weight is 421 g/mol. The fourth-order valence-corrected chi connectivity index (χ4v) is 3.44. The van der Waals surface area contributed by atoms with Crippen molar-refractivity contribution in [1.29, 1.82) is 0 Å². The maximum Gasteiger partial charge on any atom is 0.293 e. The lowest BCUT2D eigenvalue weighted by Gasteiger charge is -2.17. The van der Waals surface area contributed by atoms with Gasteiger partial charge in [0.25, 0.3) is 15.8 Å². The lowest BCUT2D eigenvalue weighted by molar-refractivity contribution is -0.384. The van der Waals surface area contributed by atoms with Gasteiger partial charge in [-0.1, -0.05) is 15.9 Å². The minimum absolute atomic E-state index is 0.0410. The van der Waals surface area contributed by atoms with E-state index in [9.17, 15) is 18.5 Å². The van der Waals surface area contributed by atoms with Crippen LogP contribution in [-0.2, 0) is 14.3 Å². The Balaban J connectivity index is 1.89. The number of rotatable bonds is 10. The first kappa shape index (κ1) is 19.1. The second-order valence-electron chi connectivity index (χ2n) is 6.07. The van der Waals surface area contributed by atoms with Gasteiger partial charge in [0.1, 0.15) is 5.69 Å². The van der Waals surface area contributed by atoms with Crippen molar-refractivity contribution in [3.63, 3.8) is 0 Å². The molecule has 0 saturated heterocycles. The topological polar surface area (TPSA) is 98.5 Å². The number of nitrogens with one attached hydrogen (secondary N) is 1. The third-order valence-corrected chi connectivity index (χ3v) is 5.10. The van der Waals surface area contributed by atoms with E-state index in [-0.39, 0.29) is 12.3 Å². The van der Waals surface area contributed by atoms with E-state index in [1.807, 2.05) is 0 Å². The van der Waals surface area contributed by atoms with Crippen LogP contribution < -0.4 is 5.32 Å². The lowest BCUT2D eigenvalue weighted by Crippen LogP contribution is -2.18. The normalized spacial score (nSPS) is 15.9. The average Bonchev–Trinajstić information content (AvgIpc) is 3.31. The number of nitro groups is 1. The number of hydrogen-bond donors (Lipinski definition) is 1. The van der Waals surface area contributed by atoms with Crippen molar-refractivity contribution in [2.24, 2.45) is 11.8 Å². The van der Waals surface area contributed by atoms with Gasteiger partial charge in [-0.15, -0.1) is 0 Å². The molecule has 134 valence electrons. The highest BCUT2D eigenvalue weighted by molar-refractivity contribution is 9.10. The standard InChI is InChI=1S/C15H21BrN2O5S/c1-24(21,22)23-8-2-3-12(11-4-5-11)10-17-14-7-6-13(16)9-15(14)18(19)20/h6-7,9,11-12,17H,2-5,8,10H2,1H3/t12-/m1/s1. The minimum atomic E-state index is -3.40. The molecule has 0 amide bonds. The molecule has 1 aromatic carbocycles. The Morgan fingerprint density at radius 3 is 2.75 bits per heavy atom. The van der Waals surface area contributed by atoms with Crippen LogP contribution in [0.25, 0.3) is 0 Å². The van der Waals surface area contributed by atoms with Gasteiger partial charge in [-0.2, -0.15) is 8.42 Å². The predicted octanol–water partition coefficient (Wildman–Crippen LogP) is 3.55. The first-order chi connectivity index (χ1) is 11.3. The monoisotopic (exact) mass is 420 g/mol. The molecule has 2 rings (SSSR count). The molecule has 0 bridgehead atoms. The fourth-order valence-electron chi connectivity index (χ4n) is 2.67. The summed E-state index contributed by atoms with van der Waals surface area (Å²) < 4.78 is 27.3. The summed E-state index contributed by atoms with van der Waals surface area (Å²) >= 11 is 3.24. The van der Waals surface area contributed by atoms with E-state index in [1.54, 1.807) is 12.1 Å². The van der Waals surface area contributed by atoms with Crippen LogP contribution >= 0.6 is 15.9 Å². The molecule has 0 radical (unpaired) electrons. The van der Waals surface area contributed by atoms with Gasteiger partial charge in [-0.25, -0.2) is 0 Å². The highest BCUT2D eigenvalue weighted by Gasteiger charge is 2.31. The van der Waals surface area contributed by atoms with E-state index in [4.69, 9.17) is 4.18 Å². The molecule has 0 aliphatic heterocycles. The van der Waals surface area contributed by atoms with Gasteiger partial charge in [0.15, 0.2) is 0 Å². The summed E-state index contributed by atoms with van der Waals surface area (Å²) in [5.74, 6) is 0.960. The third kappa shape index (κ3) is 6.37.